The Balaban J connectivity index is 1.34. The van der Waals surface area contributed by atoms with E-state index in [0.717, 1.165) is 18.9 Å². The van der Waals surface area contributed by atoms with Crippen molar-refractivity contribution >= 4 is 27.8 Å². The number of carboxylic acid groups (broad SMARTS) is 1. The number of hydrogen-bond donors (Lipinski definition) is 3. The molecule has 238 valence electrons. The van der Waals surface area contributed by atoms with Crippen molar-refractivity contribution in [1.82, 2.24) is 14.9 Å². The summed E-state index contributed by atoms with van der Waals surface area (Å²) in [4.78, 5) is 38.3. The van der Waals surface area contributed by atoms with E-state index in [1.54, 1.807) is 0 Å². The zero-order valence-electron chi connectivity index (χ0n) is 23.6. The van der Waals surface area contributed by atoms with Crippen LogP contribution in [0.5, 0.6) is 5.75 Å². The first-order valence-electron chi connectivity index (χ1n) is 14.1. The summed E-state index contributed by atoms with van der Waals surface area (Å²) in [5.41, 5.74) is -5.08. The van der Waals surface area contributed by atoms with Gasteiger partial charge in [-0.1, -0.05) is 12.1 Å². The van der Waals surface area contributed by atoms with E-state index in [1.807, 2.05) is 0 Å². The van der Waals surface area contributed by atoms with Crippen LogP contribution in [0.25, 0.3) is 11.1 Å². The van der Waals surface area contributed by atoms with Gasteiger partial charge in [0.15, 0.2) is 0 Å². The highest BCUT2D eigenvalue weighted by atomic mass is 32.2. The zero-order chi connectivity index (χ0) is 32.0. The number of carbonyl (C=O) groups is 3. The number of rotatable bonds is 8. The number of carboxylic acids is 1. The molecule has 2 saturated carbocycles. The third-order valence-corrected chi connectivity index (χ3v) is 10.5. The van der Waals surface area contributed by atoms with Crippen LogP contribution in [0.3, 0.4) is 0 Å². The summed E-state index contributed by atoms with van der Waals surface area (Å²) in [5.74, 6) is -3.81. The standard InChI is InChI=1S/C29H31F4N3O7S/c1-43-23-13-22(30)20(15-4-6-16(7-5-15)28(39)40)12-21(23)26(37)35-25-18-9-8-17(11-18)24(25)27(38)34-19-3-2-10-36(14-19)44(41,42)29(31,32)33/h4-7,12-13,17-19,24-25H,2-3,8-11,14H2,1H3,(H,34,38)(H,35,37)(H,39,40)/t17-,18+,19-,24?,25-/m0/s1. The molecule has 0 aromatic heterocycles. The molecule has 44 heavy (non-hydrogen) atoms. The summed E-state index contributed by atoms with van der Waals surface area (Å²) in [6.45, 7) is -0.805. The van der Waals surface area contributed by atoms with Crippen LogP contribution in [0.2, 0.25) is 0 Å². The molecule has 5 rings (SSSR count). The number of ether oxygens (including phenoxy) is 1. The Morgan fingerprint density at radius 1 is 1.02 bits per heavy atom. The van der Waals surface area contributed by atoms with Crippen LogP contribution in [0.1, 0.15) is 52.8 Å². The summed E-state index contributed by atoms with van der Waals surface area (Å²) in [6.07, 6.45) is 2.58. The van der Waals surface area contributed by atoms with Gasteiger partial charge in [0.1, 0.15) is 11.6 Å². The van der Waals surface area contributed by atoms with E-state index < -0.39 is 63.7 Å². The summed E-state index contributed by atoms with van der Waals surface area (Å²) in [7, 11) is -4.26. The van der Waals surface area contributed by atoms with Crippen LogP contribution >= 0.6 is 0 Å². The van der Waals surface area contributed by atoms with Crippen molar-refractivity contribution in [3.8, 4) is 16.9 Å². The number of nitrogens with one attached hydrogen (secondary N) is 2. The van der Waals surface area contributed by atoms with Crippen molar-refractivity contribution in [2.75, 3.05) is 20.2 Å². The van der Waals surface area contributed by atoms with Crippen LogP contribution in [0.4, 0.5) is 17.6 Å². The SMILES string of the molecule is COc1cc(F)c(-c2ccc(C(=O)O)cc2)cc1C(=O)N[C@@H]1C(C(=O)N[C@H]2CCCN(S(=O)(=O)C(F)(F)F)C2)[C@H]2CC[C@@H]1C2. The molecule has 2 aromatic carbocycles. The number of benzene rings is 2. The van der Waals surface area contributed by atoms with Crippen molar-refractivity contribution in [2.45, 2.75) is 49.7 Å². The van der Waals surface area contributed by atoms with Crippen molar-refractivity contribution in [2.24, 2.45) is 17.8 Å². The zero-order valence-corrected chi connectivity index (χ0v) is 24.4. The van der Waals surface area contributed by atoms with Crippen molar-refractivity contribution in [3.63, 3.8) is 0 Å². The summed E-state index contributed by atoms with van der Waals surface area (Å²) in [5, 5.41) is 14.8. The van der Waals surface area contributed by atoms with E-state index in [2.05, 4.69) is 10.6 Å². The van der Waals surface area contributed by atoms with Gasteiger partial charge >= 0.3 is 21.5 Å². The number of methoxy groups -OCH3 is 1. The predicted molar refractivity (Wildman–Crippen MR) is 149 cm³/mol. The number of aromatic carboxylic acids is 1. The average molecular weight is 642 g/mol. The van der Waals surface area contributed by atoms with Crippen LogP contribution < -0.4 is 15.4 Å². The summed E-state index contributed by atoms with van der Waals surface area (Å²) < 4.78 is 83.8. The van der Waals surface area contributed by atoms with Gasteiger partial charge < -0.3 is 20.5 Å². The quantitative estimate of drug-likeness (QED) is 0.373. The molecule has 3 aliphatic rings. The monoisotopic (exact) mass is 641 g/mol. The molecule has 15 heteroatoms. The first-order valence-corrected chi connectivity index (χ1v) is 15.5. The second-order valence-corrected chi connectivity index (χ2v) is 13.4. The number of nitrogens with zero attached hydrogens (tertiary/aromatic N) is 1. The molecule has 5 atom stereocenters. The fraction of sp³-hybridized carbons (Fsp3) is 0.483. The molecule has 1 saturated heterocycles. The third kappa shape index (κ3) is 5.99. The first kappa shape index (κ1) is 31.7. The lowest BCUT2D eigenvalue weighted by atomic mass is 9.83. The molecule has 3 fully saturated rings. The first-order chi connectivity index (χ1) is 20.7. The number of hydrogen-bond acceptors (Lipinski definition) is 6. The van der Waals surface area contributed by atoms with Crippen LogP contribution in [0.15, 0.2) is 36.4 Å². The second-order valence-electron chi connectivity index (χ2n) is 11.4. The number of alkyl halides is 3. The molecule has 2 aliphatic carbocycles. The molecule has 1 heterocycles. The molecule has 0 radical (unpaired) electrons. The van der Waals surface area contributed by atoms with E-state index in [1.165, 1.54) is 37.4 Å². The third-order valence-electron chi connectivity index (χ3n) is 8.86. The Hall–Kier alpha value is -3.72. The van der Waals surface area contributed by atoms with Gasteiger partial charge in [-0.3, -0.25) is 9.59 Å². The molecular weight excluding hydrogens is 610 g/mol. The Morgan fingerprint density at radius 2 is 1.70 bits per heavy atom. The van der Waals surface area contributed by atoms with Crippen LogP contribution in [-0.2, 0) is 14.8 Å². The summed E-state index contributed by atoms with van der Waals surface area (Å²) >= 11 is 0. The molecule has 1 unspecified atom stereocenters. The fourth-order valence-corrected chi connectivity index (χ4v) is 7.78. The topological polar surface area (TPSA) is 142 Å². The highest BCUT2D eigenvalue weighted by molar-refractivity contribution is 7.90. The van der Waals surface area contributed by atoms with Gasteiger partial charge in [0.05, 0.1) is 24.2 Å². The lowest BCUT2D eigenvalue weighted by Gasteiger charge is -2.35. The minimum Gasteiger partial charge on any atom is -0.496 e. The maximum Gasteiger partial charge on any atom is 0.511 e. The molecule has 2 amide bonds. The summed E-state index contributed by atoms with van der Waals surface area (Å²) in [6, 6.07) is 6.35. The van der Waals surface area contributed by atoms with Crippen molar-refractivity contribution in [3.05, 3.63) is 53.3 Å². The lowest BCUT2D eigenvalue weighted by molar-refractivity contribution is -0.128. The van der Waals surface area contributed by atoms with E-state index in [-0.39, 0.29) is 47.2 Å². The molecule has 1 aliphatic heterocycles. The number of piperidine rings is 1. The molecule has 3 N–H and O–H groups in total. The van der Waals surface area contributed by atoms with Gasteiger partial charge in [0.2, 0.25) is 5.91 Å². The normalized spacial score (nSPS) is 25.4. The van der Waals surface area contributed by atoms with Crippen LogP contribution in [-0.4, -0.2) is 73.4 Å². The highest BCUT2D eigenvalue weighted by Gasteiger charge is 2.53. The predicted octanol–water partition coefficient (Wildman–Crippen LogP) is 3.77. The number of carbonyl (C=O) groups excluding carboxylic acids is 2. The largest absolute Gasteiger partial charge is 0.511 e. The van der Waals surface area contributed by atoms with Crippen molar-refractivity contribution in [1.29, 1.82) is 0 Å². The van der Waals surface area contributed by atoms with Crippen LogP contribution in [0, 0.1) is 23.6 Å². The molecule has 2 aromatic rings. The molecule has 0 spiro atoms. The molecule has 2 bridgehead atoms. The van der Waals surface area contributed by atoms with E-state index in [4.69, 9.17) is 9.84 Å². The van der Waals surface area contributed by atoms with Gasteiger partial charge in [-0.15, -0.1) is 0 Å². The maximum atomic E-state index is 15.0. The number of amides is 2. The fourth-order valence-electron chi connectivity index (χ4n) is 6.74. The van der Waals surface area contributed by atoms with Crippen molar-refractivity contribution < 1.29 is 50.2 Å². The Bertz CT molecular complexity index is 1570. The Labute approximate surface area is 250 Å². The maximum absolute atomic E-state index is 15.0. The van der Waals surface area contributed by atoms with E-state index in [0.29, 0.717) is 22.7 Å². The highest BCUT2D eigenvalue weighted by Crippen LogP contribution is 2.49. The molecular formula is C29H31F4N3O7S. The second kappa shape index (κ2) is 12.0. The van der Waals surface area contributed by atoms with Gasteiger partial charge in [-0.05, 0) is 67.7 Å². The van der Waals surface area contributed by atoms with E-state index >= 15 is 4.39 Å². The Kier molecular flexibility index (Phi) is 8.64. The lowest BCUT2D eigenvalue weighted by Crippen LogP contribution is -2.56. The van der Waals surface area contributed by atoms with Gasteiger partial charge in [0, 0.05) is 36.8 Å². The number of sulfonamides is 1. The minimum absolute atomic E-state index is 0.00384. The van der Waals surface area contributed by atoms with Gasteiger partial charge in [-0.25, -0.2) is 17.6 Å². The number of halogens is 4. The van der Waals surface area contributed by atoms with Gasteiger partial charge in [-0.2, -0.15) is 17.5 Å². The molecule has 10 nitrogen and oxygen atoms in total. The number of fused-ring (bicyclic) bond motifs is 2. The average Bonchev–Trinajstić information content (AvgIpc) is 3.58. The minimum atomic E-state index is -5.53. The Morgan fingerprint density at radius 3 is 2.34 bits per heavy atom. The van der Waals surface area contributed by atoms with Gasteiger partial charge in [0.25, 0.3) is 5.91 Å². The van der Waals surface area contributed by atoms with E-state index in [9.17, 15) is 36.0 Å². The smallest absolute Gasteiger partial charge is 0.496 e.